The van der Waals surface area contributed by atoms with Gasteiger partial charge >= 0.3 is 6.18 Å². The van der Waals surface area contributed by atoms with Crippen LogP contribution in [0.4, 0.5) is 23.2 Å². The summed E-state index contributed by atoms with van der Waals surface area (Å²) in [6.45, 7) is 0.970. The molecule has 0 aliphatic carbocycles. The second-order valence-electron chi connectivity index (χ2n) is 7.78. The molecule has 1 atom stereocenters. The van der Waals surface area contributed by atoms with Crippen molar-refractivity contribution in [3.05, 3.63) is 59.4 Å². The highest BCUT2D eigenvalue weighted by Gasteiger charge is 2.58. The lowest BCUT2D eigenvalue weighted by Crippen LogP contribution is -2.54. The maximum atomic E-state index is 13.5. The van der Waals surface area contributed by atoms with Gasteiger partial charge in [0.1, 0.15) is 11.4 Å². The molecule has 0 bridgehead atoms. The molecule has 0 spiro atoms. The van der Waals surface area contributed by atoms with E-state index in [-0.39, 0.29) is 0 Å². The van der Waals surface area contributed by atoms with Gasteiger partial charge in [-0.2, -0.15) is 18.4 Å². The van der Waals surface area contributed by atoms with Gasteiger partial charge in [-0.1, -0.05) is 0 Å². The van der Waals surface area contributed by atoms with Gasteiger partial charge in [0.2, 0.25) is 10.0 Å². The van der Waals surface area contributed by atoms with Crippen molar-refractivity contribution in [2.24, 2.45) is 0 Å². The molecule has 3 rings (SSSR count). The first-order valence-electron chi connectivity index (χ1n) is 9.42. The molecule has 1 fully saturated rings. The van der Waals surface area contributed by atoms with Gasteiger partial charge in [0, 0.05) is 0 Å². The number of halogens is 4. The Hall–Kier alpha value is -3.09. The van der Waals surface area contributed by atoms with Gasteiger partial charge in [0.05, 0.1) is 39.8 Å². The van der Waals surface area contributed by atoms with Crippen LogP contribution in [0.5, 0.6) is 0 Å². The molecule has 1 aliphatic rings. The first-order valence-corrected chi connectivity index (χ1v) is 13.3. The van der Waals surface area contributed by atoms with Gasteiger partial charge in [-0.3, -0.25) is 9.69 Å². The average Bonchev–Trinajstić information content (AvgIpc) is 2.91. The van der Waals surface area contributed by atoms with Gasteiger partial charge in [-0.05, 0) is 61.6 Å². The van der Waals surface area contributed by atoms with Crippen LogP contribution < -0.4 is 4.90 Å². The van der Waals surface area contributed by atoms with Gasteiger partial charge < -0.3 is 0 Å². The fraction of sp³-hybridized carbons (Fsp3) is 0.250. The molecule has 1 heterocycles. The third-order valence-corrected chi connectivity index (χ3v) is 8.79. The van der Waals surface area contributed by atoms with Crippen LogP contribution in [0.2, 0.25) is 0 Å². The van der Waals surface area contributed by atoms with Gasteiger partial charge in [-0.25, -0.2) is 25.5 Å². The average molecular weight is 550 g/mol. The quantitative estimate of drug-likeness (QED) is 0.320. The minimum absolute atomic E-state index is 0.351. The Morgan fingerprint density at radius 2 is 1.66 bits per heavy atom. The number of nitrogens with zero attached hydrogens (tertiary/aromatic N) is 3. The predicted molar refractivity (Wildman–Crippen MR) is 120 cm³/mol. The zero-order valence-corrected chi connectivity index (χ0v) is 20.3. The second-order valence-corrected chi connectivity index (χ2v) is 12.0. The zero-order valence-electron chi connectivity index (χ0n) is 17.9. The van der Waals surface area contributed by atoms with Crippen LogP contribution >= 0.6 is 12.2 Å². The van der Waals surface area contributed by atoms with E-state index in [1.54, 1.807) is 0 Å². The third-order valence-electron chi connectivity index (χ3n) is 5.14. The summed E-state index contributed by atoms with van der Waals surface area (Å²) in [6, 6.07) is 7.11. The van der Waals surface area contributed by atoms with Crippen LogP contribution in [-0.4, -0.2) is 49.7 Å². The Morgan fingerprint density at radius 1 is 1.09 bits per heavy atom. The van der Waals surface area contributed by atoms with Crippen LogP contribution in [0, 0.1) is 17.1 Å². The molecular formula is C20H15F4N3O5S3. The van der Waals surface area contributed by atoms with Crippen molar-refractivity contribution in [1.82, 2.24) is 4.31 Å². The molecule has 1 amide bonds. The number of hydrogen-bond acceptors (Lipinski definition) is 7. The smallest absolute Gasteiger partial charge is 0.271 e. The molecule has 15 heteroatoms. The van der Waals surface area contributed by atoms with E-state index in [1.807, 2.05) is 0 Å². The highest BCUT2D eigenvalue weighted by molar-refractivity contribution is 7.92. The van der Waals surface area contributed by atoms with E-state index < -0.39 is 75.9 Å². The Morgan fingerprint density at radius 3 is 2.14 bits per heavy atom. The van der Waals surface area contributed by atoms with Crippen LogP contribution in [0.25, 0.3) is 0 Å². The lowest BCUT2D eigenvalue weighted by atomic mass is 10.0. The number of rotatable bonds is 5. The summed E-state index contributed by atoms with van der Waals surface area (Å²) in [5, 5.41) is 8.22. The number of anilines is 1. The summed E-state index contributed by atoms with van der Waals surface area (Å²) >= 11 is 5.10. The molecule has 186 valence electrons. The molecule has 2 aromatic carbocycles. The van der Waals surface area contributed by atoms with E-state index in [0.29, 0.717) is 21.5 Å². The molecule has 0 saturated carbocycles. The summed E-state index contributed by atoms with van der Waals surface area (Å²) in [4.78, 5) is 13.5. The zero-order chi connectivity index (χ0) is 26.6. The summed E-state index contributed by atoms with van der Waals surface area (Å²) in [6.07, 6.45) is -4.34. The summed E-state index contributed by atoms with van der Waals surface area (Å²) in [7, 11) is -8.83. The van der Waals surface area contributed by atoms with Crippen molar-refractivity contribution in [1.29, 1.82) is 5.26 Å². The van der Waals surface area contributed by atoms with Crippen LogP contribution in [0.3, 0.4) is 0 Å². The Labute approximate surface area is 203 Å². The van der Waals surface area contributed by atoms with Gasteiger partial charge in [0.25, 0.3) is 5.91 Å². The van der Waals surface area contributed by atoms with E-state index in [2.05, 4.69) is 0 Å². The third kappa shape index (κ3) is 4.73. The normalized spacial score (nSPS) is 19.2. The molecule has 35 heavy (non-hydrogen) atoms. The highest BCUT2D eigenvalue weighted by Crippen LogP contribution is 2.39. The van der Waals surface area contributed by atoms with Crippen molar-refractivity contribution in [2.75, 3.05) is 16.9 Å². The van der Waals surface area contributed by atoms with E-state index in [1.165, 1.54) is 6.07 Å². The molecule has 2 aromatic rings. The van der Waals surface area contributed by atoms with Crippen molar-refractivity contribution in [3.63, 3.8) is 0 Å². The number of sulfone groups is 1. The molecule has 8 nitrogen and oxygen atoms in total. The first-order chi connectivity index (χ1) is 15.9. The standard InChI is InChI=1S/C20H15F4N3O5S3/c1-19(11-35(31,32)15-7-4-13(21)5-8-15)17(28)26(18(33)27(19)34(2,29)30)14-6-3-12(10-25)16(9-14)20(22,23)24/h3-9H,11H2,1-2H3/t19-/m1/s1. The van der Waals surface area contributed by atoms with E-state index >= 15 is 0 Å². The van der Waals surface area contributed by atoms with Gasteiger partial charge in [-0.15, -0.1) is 0 Å². The van der Waals surface area contributed by atoms with E-state index in [4.69, 9.17) is 17.5 Å². The second kappa shape index (κ2) is 8.54. The molecular weight excluding hydrogens is 534 g/mol. The number of carbonyl (C=O) groups excluding carboxylic acids is 1. The number of amides is 1. The van der Waals surface area contributed by atoms with Crippen molar-refractivity contribution in [2.45, 2.75) is 23.5 Å². The van der Waals surface area contributed by atoms with E-state index in [9.17, 15) is 39.2 Å². The van der Waals surface area contributed by atoms with Crippen molar-refractivity contribution in [3.8, 4) is 6.07 Å². The van der Waals surface area contributed by atoms with E-state index in [0.717, 1.165) is 43.3 Å². The molecule has 1 aliphatic heterocycles. The lowest BCUT2D eigenvalue weighted by molar-refractivity contribution is -0.137. The number of benzene rings is 2. The number of sulfonamides is 1. The van der Waals surface area contributed by atoms with Crippen LogP contribution in [0.15, 0.2) is 47.4 Å². The fourth-order valence-electron chi connectivity index (χ4n) is 3.67. The predicted octanol–water partition coefficient (Wildman–Crippen LogP) is 2.84. The number of carbonyl (C=O) groups is 1. The maximum Gasteiger partial charge on any atom is 0.417 e. The summed E-state index contributed by atoms with van der Waals surface area (Å²) < 4.78 is 105. The largest absolute Gasteiger partial charge is 0.417 e. The van der Waals surface area contributed by atoms with Crippen molar-refractivity contribution < 1.29 is 39.2 Å². The van der Waals surface area contributed by atoms with Crippen LogP contribution in [-0.2, 0) is 30.8 Å². The maximum absolute atomic E-state index is 13.5. The minimum Gasteiger partial charge on any atom is -0.271 e. The molecule has 0 unspecified atom stereocenters. The topological polar surface area (TPSA) is 116 Å². The van der Waals surface area contributed by atoms with Crippen molar-refractivity contribution >= 4 is 48.8 Å². The monoisotopic (exact) mass is 549 g/mol. The van der Waals surface area contributed by atoms with Gasteiger partial charge in [0.15, 0.2) is 14.9 Å². The number of hydrogen-bond donors (Lipinski definition) is 0. The van der Waals surface area contributed by atoms with Crippen LogP contribution in [0.1, 0.15) is 18.1 Å². The fourth-order valence-corrected chi connectivity index (χ4v) is 7.50. The number of alkyl halides is 3. The summed E-state index contributed by atoms with van der Waals surface area (Å²) in [5.74, 6) is -3.11. The molecule has 0 N–H and O–H groups in total. The SMILES string of the molecule is C[C@@]1(CS(=O)(=O)c2ccc(F)cc2)C(=O)N(c2ccc(C#N)c(C(F)(F)F)c2)C(=S)N1S(C)(=O)=O. The highest BCUT2D eigenvalue weighted by atomic mass is 32.2. The lowest BCUT2D eigenvalue weighted by Gasteiger charge is -2.30. The Balaban J connectivity index is 2.18. The number of nitriles is 1. The Bertz CT molecular complexity index is 1480. The molecule has 1 saturated heterocycles. The molecule has 0 radical (unpaired) electrons. The number of thiocarbonyl (C=S) groups is 1. The Kier molecular flexibility index (Phi) is 6.47. The molecule has 0 aromatic heterocycles. The summed E-state index contributed by atoms with van der Waals surface area (Å²) in [5.41, 5.74) is -5.04. The minimum atomic E-state index is -4.99. The first kappa shape index (κ1) is 26.5.